The Labute approximate surface area is 94.0 Å². The summed E-state index contributed by atoms with van der Waals surface area (Å²) in [6.45, 7) is 4.57. The molecule has 1 aliphatic heterocycles. The van der Waals surface area contributed by atoms with Crippen molar-refractivity contribution in [2.45, 2.75) is 32.4 Å². The van der Waals surface area contributed by atoms with Crippen molar-refractivity contribution in [1.29, 1.82) is 0 Å². The summed E-state index contributed by atoms with van der Waals surface area (Å²) in [5.41, 5.74) is 0.860. The van der Waals surface area contributed by atoms with Gasteiger partial charge in [0.1, 0.15) is 0 Å². The van der Waals surface area contributed by atoms with Gasteiger partial charge in [-0.15, -0.1) is 0 Å². The lowest BCUT2D eigenvalue weighted by atomic mass is 9.98. The van der Waals surface area contributed by atoms with E-state index in [1.807, 2.05) is 24.7 Å². The number of ether oxygens (including phenoxy) is 1. The van der Waals surface area contributed by atoms with E-state index in [1.165, 1.54) is 0 Å². The van der Waals surface area contributed by atoms with Crippen molar-refractivity contribution >= 4 is 5.97 Å². The lowest BCUT2D eigenvalue weighted by Crippen LogP contribution is -2.17. The molecule has 0 bridgehead atoms. The van der Waals surface area contributed by atoms with E-state index < -0.39 is 11.9 Å². The summed E-state index contributed by atoms with van der Waals surface area (Å²) in [6, 6.07) is 0.276. The zero-order valence-electron chi connectivity index (χ0n) is 9.46. The molecule has 0 unspecified atom stereocenters. The van der Waals surface area contributed by atoms with Crippen LogP contribution in [0.1, 0.15) is 38.0 Å². The van der Waals surface area contributed by atoms with Crippen LogP contribution in [0.15, 0.2) is 12.4 Å². The van der Waals surface area contributed by atoms with Crippen LogP contribution in [0.3, 0.4) is 0 Å². The summed E-state index contributed by atoms with van der Waals surface area (Å²) in [4.78, 5) is 11.0. The normalized spacial score (nSPS) is 25.2. The van der Waals surface area contributed by atoms with Gasteiger partial charge in [-0.1, -0.05) is 0 Å². The first-order valence-corrected chi connectivity index (χ1v) is 5.48. The van der Waals surface area contributed by atoms with Crippen LogP contribution >= 0.6 is 0 Å². The minimum absolute atomic E-state index is 0.276. The maximum absolute atomic E-state index is 11.0. The molecule has 0 saturated carbocycles. The molecule has 88 valence electrons. The van der Waals surface area contributed by atoms with Crippen LogP contribution in [-0.4, -0.2) is 27.5 Å². The number of nitrogens with zero attached hydrogens (tertiary/aromatic N) is 2. The molecule has 0 spiro atoms. The van der Waals surface area contributed by atoms with E-state index in [9.17, 15) is 4.79 Å². The molecule has 1 N–H and O–H groups in total. The third-order valence-electron chi connectivity index (χ3n) is 2.89. The fourth-order valence-corrected chi connectivity index (χ4v) is 1.95. The Morgan fingerprint density at radius 1 is 1.69 bits per heavy atom. The molecule has 1 saturated heterocycles. The van der Waals surface area contributed by atoms with Gasteiger partial charge in [0.05, 0.1) is 18.2 Å². The second kappa shape index (κ2) is 4.25. The molecule has 2 heterocycles. The van der Waals surface area contributed by atoms with Gasteiger partial charge in [-0.05, 0) is 20.3 Å². The molecule has 5 heteroatoms. The molecule has 0 amide bonds. The number of hydrogen-bond acceptors (Lipinski definition) is 3. The Balaban J connectivity index is 2.19. The highest BCUT2D eigenvalue weighted by molar-refractivity contribution is 5.71. The summed E-state index contributed by atoms with van der Waals surface area (Å²) >= 11 is 0. The van der Waals surface area contributed by atoms with Crippen molar-refractivity contribution in [1.82, 2.24) is 9.78 Å². The number of aromatic nitrogens is 2. The van der Waals surface area contributed by atoms with Gasteiger partial charge in [-0.25, -0.2) is 0 Å². The predicted octanol–water partition coefficient (Wildman–Crippen LogP) is 1.63. The third-order valence-corrected chi connectivity index (χ3v) is 2.89. The molecule has 2 atom stereocenters. The van der Waals surface area contributed by atoms with Gasteiger partial charge in [0, 0.05) is 24.4 Å². The number of carbonyl (C=O) groups is 1. The average molecular weight is 224 g/mol. The van der Waals surface area contributed by atoms with Gasteiger partial charge in [0.15, 0.2) is 0 Å². The maximum Gasteiger partial charge on any atom is 0.309 e. The van der Waals surface area contributed by atoms with Crippen LogP contribution in [-0.2, 0) is 9.53 Å². The molecule has 16 heavy (non-hydrogen) atoms. The molecule has 0 radical (unpaired) electrons. The Hall–Kier alpha value is -1.36. The molecular formula is C11H16N2O3. The van der Waals surface area contributed by atoms with Crippen LogP contribution < -0.4 is 0 Å². The largest absolute Gasteiger partial charge is 0.481 e. The van der Waals surface area contributed by atoms with Gasteiger partial charge in [-0.3, -0.25) is 9.48 Å². The first-order valence-electron chi connectivity index (χ1n) is 5.48. The van der Waals surface area contributed by atoms with Crippen LogP contribution in [0.4, 0.5) is 0 Å². The lowest BCUT2D eigenvalue weighted by molar-refractivity contribution is -0.143. The van der Waals surface area contributed by atoms with Gasteiger partial charge in [0.2, 0.25) is 0 Å². The van der Waals surface area contributed by atoms with Crippen molar-refractivity contribution in [2.24, 2.45) is 5.92 Å². The molecule has 1 aromatic heterocycles. The lowest BCUT2D eigenvalue weighted by Gasteiger charge is -2.12. The van der Waals surface area contributed by atoms with Crippen LogP contribution in [0.2, 0.25) is 0 Å². The Morgan fingerprint density at radius 2 is 2.44 bits per heavy atom. The van der Waals surface area contributed by atoms with Crippen LogP contribution in [0.25, 0.3) is 0 Å². The molecule has 1 aromatic rings. The minimum Gasteiger partial charge on any atom is -0.481 e. The molecule has 1 aliphatic rings. The van der Waals surface area contributed by atoms with Crippen molar-refractivity contribution in [2.75, 3.05) is 6.61 Å². The fourth-order valence-electron chi connectivity index (χ4n) is 1.95. The highest BCUT2D eigenvalue weighted by atomic mass is 16.5. The van der Waals surface area contributed by atoms with Gasteiger partial charge in [0.25, 0.3) is 0 Å². The summed E-state index contributed by atoms with van der Waals surface area (Å²) in [5.74, 6) is -1.23. The summed E-state index contributed by atoms with van der Waals surface area (Å²) in [5, 5.41) is 13.3. The van der Waals surface area contributed by atoms with Crippen molar-refractivity contribution in [3.8, 4) is 0 Å². The van der Waals surface area contributed by atoms with Gasteiger partial charge < -0.3 is 9.84 Å². The number of carboxylic acid groups (broad SMARTS) is 1. The van der Waals surface area contributed by atoms with Gasteiger partial charge >= 0.3 is 5.97 Å². The van der Waals surface area contributed by atoms with Crippen molar-refractivity contribution < 1.29 is 14.6 Å². The van der Waals surface area contributed by atoms with Crippen LogP contribution in [0, 0.1) is 5.92 Å². The monoisotopic (exact) mass is 224 g/mol. The summed E-state index contributed by atoms with van der Waals surface area (Å²) in [7, 11) is 0. The zero-order chi connectivity index (χ0) is 11.7. The molecule has 5 nitrogen and oxygen atoms in total. The highest BCUT2D eigenvalue weighted by Crippen LogP contribution is 2.34. The molecule has 0 aliphatic carbocycles. The smallest absolute Gasteiger partial charge is 0.309 e. The molecular weight excluding hydrogens is 208 g/mol. The SMILES string of the molecule is CC(C)n1cc([C@H]2OCC[C@@H]2C(=O)O)cn1. The predicted molar refractivity (Wildman–Crippen MR) is 57.0 cm³/mol. The standard InChI is InChI=1S/C11H16N2O3/c1-7(2)13-6-8(5-12-13)10-9(11(14)15)3-4-16-10/h5-7,9-10H,3-4H2,1-2H3,(H,14,15)/t9-,10+/m0/s1. The first kappa shape index (κ1) is 11.1. The Morgan fingerprint density at radius 3 is 3.00 bits per heavy atom. The van der Waals surface area contributed by atoms with E-state index in [2.05, 4.69) is 5.10 Å². The first-order chi connectivity index (χ1) is 7.59. The van der Waals surface area contributed by atoms with Crippen molar-refractivity contribution in [3.63, 3.8) is 0 Å². The van der Waals surface area contributed by atoms with E-state index in [1.54, 1.807) is 6.20 Å². The second-order valence-corrected chi connectivity index (χ2v) is 4.37. The quantitative estimate of drug-likeness (QED) is 0.847. The maximum atomic E-state index is 11.0. The summed E-state index contributed by atoms with van der Waals surface area (Å²) < 4.78 is 7.29. The van der Waals surface area contributed by atoms with E-state index in [4.69, 9.17) is 9.84 Å². The average Bonchev–Trinajstić information content (AvgIpc) is 2.86. The summed E-state index contributed by atoms with van der Waals surface area (Å²) in [6.07, 6.45) is 3.81. The van der Waals surface area contributed by atoms with E-state index >= 15 is 0 Å². The van der Waals surface area contributed by atoms with E-state index in [0.29, 0.717) is 13.0 Å². The number of aliphatic carboxylic acids is 1. The molecule has 2 rings (SSSR count). The zero-order valence-corrected chi connectivity index (χ0v) is 9.46. The number of hydrogen-bond donors (Lipinski definition) is 1. The van der Waals surface area contributed by atoms with Crippen molar-refractivity contribution in [3.05, 3.63) is 18.0 Å². The van der Waals surface area contributed by atoms with E-state index in [0.717, 1.165) is 5.56 Å². The fraction of sp³-hybridized carbons (Fsp3) is 0.636. The van der Waals surface area contributed by atoms with E-state index in [-0.39, 0.29) is 12.1 Å². The Bertz CT molecular complexity index is 386. The molecule has 1 fully saturated rings. The number of carboxylic acids is 1. The second-order valence-electron chi connectivity index (χ2n) is 4.37. The third kappa shape index (κ3) is 1.95. The van der Waals surface area contributed by atoms with Gasteiger partial charge in [-0.2, -0.15) is 5.10 Å². The van der Waals surface area contributed by atoms with Crippen LogP contribution in [0.5, 0.6) is 0 Å². The molecule has 0 aromatic carbocycles. The number of rotatable bonds is 3. The topological polar surface area (TPSA) is 64.3 Å². The highest BCUT2D eigenvalue weighted by Gasteiger charge is 2.35. The minimum atomic E-state index is -0.792. The Kier molecular flexibility index (Phi) is 2.96.